The van der Waals surface area contributed by atoms with E-state index in [1.54, 1.807) is 0 Å². The summed E-state index contributed by atoms with van der Waals surface area (Å²) in [5.74, 6) is 2.49. The van der Waals surface area contributed by atoms with E-state index in [9.17, 15) is 0 Å². The second-order valence-corrected chi connectivity index (χ2v) is 19.9. The quantitative estimate of drug-likeness (QED) is 0.322. The maximum Gasteiger partial charge on any atom is 0.193 e. The van der Waals surface area contributed by atoms with E-state index < -0.39 is 22.9 Å². The van der Waals surface area contributed by atoms with E-state index in [0.717, 1.165) is 0 Å². The molecule has 0 fully saturated rings. The smallest absolute Gasteiger partial charge is 0.193 e. The van der Waals surface area contributed by atoms with Gasteiger partial charge in [-0.1, -0.05) is 53.5 Å². The third kappa shape index (κ3) is 6.84. The fraction of sp³-hybridized carbons (Fsp3) is 0.810. The van der Waals surface area contributed by atoms with Gasteiger partial charge < -0.3 is 18.3 Å². The third-order valence-corrected chi connectivity index (χ3v) is 15.1. The van der Waals surface area contributed by atoms with Crippen LogP contribution in [0.25, 0.3) is 0 Å². The number of hydrogen-bond donors (Lipinski definition) is 0. The van der Waals surface area contributed by atoms with Gasteiger partial charge in [0, 0.05) is 0 Å². The lowest BCUT2D eigenvalue weighted by Gasteiger charge is -2.43. The maximum absolute atomic E-state index is 6.63. The molecule has 0 aromatic rings. The summed E-state index contributed by atoms with van der Waals surface area (Å²) in [4.78, 5) is 0. The summed E-state index contributed by atoms with van der Waals surface area (Å²) >= 11 is 0. The van der Waals surface area contributed by atoms with Crippen LogP contribution in [0.5, 0.6) is 0 Å². The third-order valence-electron chi connectivity index (χ3n) is 6.12. The van der Waals surface area contributed by atoms with Gasteiger partial charge in [0.1, 0.15) is 12.7 Å². The van der Waals surface area contributed by atoms with E-state index in [2.05, 4.69) is 79.7 Å². The first-order chi connectivity index (χ1) is 12.1. The first-order valence-electron chi connectivity index (χ1n) is 9.81. The van der Waals surface area contributed by atoms with E-state index in [1.807, 2.05) is 6.08 Å². The molecule has 1 heterocycles. The van der Waals surface area contributed by atoms with Crippen molar-refractivity contribution in [2.24, 2.45) is 0 Å². The van der Waals surface area contributed by atoms with Gasteiger partial charge in [-0.2, -0.15) is 0 Å². The first kappa shape index (κ1) is 24.6. The highest BCUT2D eigenvalue weighted by Gasteiger charge is 2.43. The lowest BCUT2D eigenvalue weighted by Crippen LogP contribution is -2.52. The molecule has 6 heteroatoms. The van der Waals surface area contributed by atoms with Crippen molar-refractivity contribution in [2.45, 2.75) is 96.3 Å². The number of ether oxygens (including phenoxy) is 2. The van der Waals surface area contributed by atoms with Crippen LogP contribution in [0.4, 0.5) is 0 Å². The summed E-state index contributed by atoms with van der Waals surface area (Å²) in [5, 5.41) is 0.273. The molecule has 0 spiro atoms. The lowest BCUT2D eigenvalue weighted by molar-refractivity contribution is -0.170. The largest absolute Gasteiger partial charge is 0.414 e. The van der Waals surface area contributed by atoms with Crippen LogP contribution in [-0.2, 0) is 18.3 Å². The highest BCUT2D eigenvalue weighted by molar-refractivity contribution is 6.74. The standard InChI is InChI=1S/C21H40O4Si2/c1-12-15-22-19-14-13-17(25-27(10,11)21(5,6)7)18(24-19)16-23-26(8,9)20(2,3)4/h1,13-14,17-19H,15-16H2,2-11H3/t17-,18+,19-/m0/s1. The Kier molecular flexibility index (Phi) is 8.14. The Morgan fingerprint density at radius 3 is 2.00 bits per heavy atom. The first-order valence-corrected chi connectivity index (χ1v) is 15.6. The molecule has 27 heavy (non-hydrogen) atoms. The molecular weight excluding hydrogens is 372 g/mol. The summed E-state index contributed by atoms with van der Waals surface area (Å²) < 4.78 is 24.8. The molecule has 0 unspecified atom stereocenters. The number of terminal acetylenes is 1. The van der Waals surface area contributed by atoms with Gasteiger partial charge in [-0.05, 0) is 42.3 Å². The Bertz CT molecular complexity index is 550. The normalized spacial score (nSPS) is 24.7. The van der Waals surface area contributed by atoms with Gasteiger partial charge in [0.25, 0.3) is 0 Å². The molecule has 0 radical (unpaired) electrons. The fourth-order valence-electron chi connectivity index (χ4n) is 2.12. The molecule has 0 bridgehead atoms. The lowest BCUT2D eigenvalue weighted by atomic mass is 10.1. The van der Waals surface area contributed by atoms with Crippen LogP contribution in [0.3, 0.4) is 0 Å². The zero-order chi connectivity index (χ0) is 21.1. The average Bonchev–Trinajstić information content (AvgIpc) is 2.50. The zero-order valence-corrected chi connectivity index (χ0v) is 21.0. The van der Waals surface area contributed by atoms with Crippen LogP contribution < -0.4 is 0 Å². The van der Waals surface area contributed by atoms with Gasteiger partial charge in [-0.15, -0.1) is 6.42 Å². The SMILES string of the molecule is C#CCO[C@@H]1C=C[C@H](O[Si](C)(C)C(C)(C)C)[C@@H](CO[Si](C)(C)C(C)(C)C)O1. The van der Waals surface area contributed by atoms with Crippen molar-refractivity contribution in [3.8, 4) is 12.3 Å². The summed E-state index contributed by atoms with van der Waals surface area (Å²) in [6.07, 6.45) is 8.47. The Labute approximate surface area is 169 Å². The minimum atomic E-state index is -1.94. The number of hydrogen-bond acceptors (Lipinski definition) is 4. The molecule has 0 N–H and O–H groups in total. The van der Waals surface area contributed by atoms with Crippen LogP contribution in [0.2, 0.25) is 36.3 Å². The van der Waals surface area contributed by atoms with Crippen molar-refractivity contribution in [3.05, 3.63) is 12.2 Å². The van der Waals surface area contributed by atoms with E-state index in [4.69, 9.17) is 24.7 Å². The van der Waals surface area contributed by atoms with Crippen molar-refractivity contribution in [3.63, 3.8) is 0 Å². The monoisotopic (exact) mass is 412 g/mol. The van der Waals surface area contributed by atoms with E-state index in [1.165, 1.54) is 0 Å². The van der Waals surface area contributed by atoms with Crippen molar-refractivity contribution in [1.82, 2.24) is 0 Å². The molecule has 3 atom stereocenters. The Balaban J connectivity index is 2.95. The van der Waals surface area contributed by atoms with Crippen molar-refractivity contribution in [1.29, 1.82) is 0 Å². The highest BCUT2D eigenvalue weighted by atomic mass is 28.4. The molecule has 1 rings (SSSR count). The predicted octanol–water partition coefficient (Wildman–Crippen LogP) is 5.33. The molecule has 0 amide bonds. The molecule has 4 nitrogen and oxygen atoms in total. The van der Waals surface area contributed by atoms with Crippen molar-refractivity contribution in [2.75, 3.05) is 13.2 Å². The summed E-state index contributed by atoms with van der Waals surface area (Å²) in [5.41, 5.74) is 0. The van der Waals surface area contributed by atoms with Gasteiger partial charge in [-0.25, -0.2) is 0 Å². The van der Waals surface area contributed by atoms with Gasteiger partial charge in [0.2, 0.25) is 0 Å². The second kappa shape index (κ2) is 8.94. The molecule has 0 saturated heterocycles. The van der Waals surface area contributed by atoms with Crippen LogP contribution in [0, 0.1) is 12.3 Å². The minimum Gasteiger partial charge on any atom is -0.414 e. The Morgan fingerprint density at radius 2 is 1.52 bits per heavy atom. The molecule has 1 aliphatic rings. The minimum absolute atomic E-state index is 0.127. The van der Waals surface area contributed by atoms with Gasteiger partial charge in [0.05, 0.1) is 12.7 Å². The van der Waals surface area contributed by atoms with E-state index in [0.29, 0.717) is 6.61 Å². The van der Waals surface area contributed by atoms with E-state index in [-0.39, 0.29) is 28.9 Å². The molecule has 1 aliphatic heterocycles. The molecule has 0 aromatic heterocycles. The Morgan fingerprint density at radius 1 is 0.963 bits per heavy atom. The topological polar surface area (TPSA) is 36.9 Å². The van der Waals surface area contributed by atoms with Gasteiger partial charge >= 0.3 is 0 Å². The van der Waals surface area contributed by atoms with Gasteiger partial charge in [-0.3, -0.25) is 0 Å². The molecule has 0 saturated carbocycles. The van der Waals surface area contributed by atoms with Crippen molar-refractivity contribution >= 4 is 16.6 Å². The van der Waals surface area contributed by atoms with Crippen LogP contribution in [0.15, 0.2) is 12.2 Å². The summed E-state index contributed by atoms with van der Waals surface area (Å²) in [7, 11) is -3.82. The number of rotatable bonds is 7. The predicted molar refractivity (Wildman–Crippen MR) is 118 cm³/mol. The molecular formula is C21H40O4Si2. The highest BCUT2D eigenvalue weighted by Crippen LogP contribution is 2.39. The summed E-state index contributed by atoms with van der Waals surface area (Å²) in [6, 6.07) is 0. The Hall–Kier alpha value is -0.426. The summed E-state index contributed by atoms with van der Waals surface area (Å²) in [6.45, 7) is 23.2. The second-order valence-electron chi connectivity index (χ2n) is 10.4. The van der Waals surface area contributed by atoms with E-state index >= 15 is 0 Å². The molecule has 0 aromatic carbocycles. The van der Waals surface area contributed by atoms with Crippen LogP contribution in [0.1, 0.15) is 41.5 Å². The van der Waals surface area contributed by atoms with Crippen LogP contribution in [-0.4, -0.2) is 48.3 Å². The average molecular weight is 413 g/mol. The molecule has 156 valence electrons. The van der Waals surface area contributed by atoms with Crippen molar-refractivity contribution < 1.29 is 18.3 Å². The zero-order valence-electron chi connectivity index (χ0n) is 19.0. The fourth-order valence-corrected chi connectivity index (χ4v) is 4.40. The maximum atomic E-state index is 6.63. The van der Waals surface area contributed by atoms with Gasteiger partial charge in [0.15, 0.2) is 22.9 Å². The molecule has 0 aliphatic carbocycles. The van der Waals surface area contributed by atoms with Crippen LogP contribution >= 0.6 is 0 Å².